The molecule has 0 spiro atoms. The number of hydrogen-bond acceptors (Lipinski definition) is 4. The Labute approximate surface area is 130 Å². The minimum absolute atomic E-state index is 0.257. The molecule has 0 aliphatic rings. The molecule has 0 unspecified atom stereocenters. The van der Waals surface area contributed by atoms with Gasteiger partial charge in [-0.25, -0.2) is 4.39 Å². The molecule has 2 rings (SSSR count). The van der Waals surface area contributed by atoms with Crippen LogP contribution < -0.4 is 5.32 Å². The van der Waals surface area contributed by atoms with Gasteiger partial charge in [-0.1, -0.05) is 18.3 Å². The van der Waals surface area contributed by atoms with Crippen molar-refractivity contribution in [2.45, 2.75) is 26.2 Å². The molecule has 0 fully saturated rings. The van der Waals surface area contributed by atoms with Gasteiger partial charge < -0.3 is 5.32 Å². The van der Waals surface area contributed by atoms with Crippen LogP contribution in [-0.4, -0.2) is 23.3 Å². The molecule has 1 heterocycles. The van der Waals surface area contributed by atoms with Crippen molar-refractivity contribution >= 4 is 27.3 Å². The number of aryl methyl sites for hydroxylation is 1. The van der Waals surface area contributed by atoms with Crippen LogP contribution in [0.1, 0.15) is 24.8 Å². The smallest absolute Gasteiger partial charge is 0.148 e. The van der Waals surface area contributed by atoms with Crippen LogP contribution >= 0.6 is 27.3 Å². The Kier molecular flexibility index (Phi) is 6.06. The van der Waals surface area contributed by atoms with Crippen LogP contribution in [0.4, 0.5) is 4.39 Å². The zero-order chi connectivity index (χ0) is 14.4. The monoisotopic (exact) mass is 357 g/mol. The van der Waals surface area contributed by atoms with E-state index >= 15 is 0 Å². The van der Waals surface area contributed by atoms with Gasteiger partial charge in [-0.2, -0.15) is 0 Å². The summed E-state index contributed by atoms with van der Waals surface area (Å²) in [5.74, 6) is -0.257. The summed E-state index contributed by atoms with van der Waals surface area (Å²) in [6.07, 6.45) is 3.13. The van der Waals surface area contributed by atoms with Gasteiger partial charge in [0.25, 0.3) is 0 Å². The van der Waals surface area contributed by atoms with Gasteiger partial charge >= 0.3 is 0 Å². The maximum atomic E-state index is 13.1. The second kappa shape index (κ2) is 7.81. The number of nitrogens with one attached hydrogen (secondary N) is 1. The standard InChI is InChI=1S/C14H17BrFN3S/c1-2-7-17-8-3-4-13-18-19-14(20-13)11-6-5-10(16)9-12(11)15/h5-6,9,17H,2-4,7-8H2,1H3. The Morgan fingerprint density at radius 3 is 2.90 bits per heavy atom. The summed E-state index contributed by atoms with van der Waals surface area (Å²) < 4.78 is 13.8. The SMILES string of the molecule is CCCNCCCc1nnc(-c2ccc(F)cc2Br)s1. The summed E-state index contributed by atoms with van der Waals surface area (Å²) in [6.45, 7) is 4.22. The van der Waals surface area contributed by atoms with Gasteiger partial charge in [-0.15, -0.1) is 10.2 Å². The highest BCUT2D eigenvalue weighted by Gasteiger charge is 2.10. The van der Waals surface area contributed by atoms with Crippen molar-refractivity contribution in [2.24, 2.45) is 0 Å². The minimum Gasteiger partial charge on any atom is -0.317 e. The number of rotatable bonds is 7. The molecule has 2 aromatic rings. The zero-order valence-electron chi connectivity index (χ0n) is 11.3. The van der Waals surface area contributed by atoms with Gasteiger partial charge in [0.05, 0.1) is 0 Å². The van der Waals surface area contributed by atoms with E-state index < -0.39 is 0 Å². The molecule has 0 aliphatic heterocycles. The van der Waals surface area contributed by atoms with Gasteiger partial charge in [0.2, 0.25) is 0 Å². The van der Waals surface area contributed by atoms with Crippen LogP contribution in [0.25, 0.3) is 10.6 Å². The lowest BCUT2D eigenvalue weighted by Crippen LogP contribution is -2.16. The van der Waals surface area contributed by atoms with E-state index in [9.17, 15) is 4.39 Å². The van der Waals surface area contributed by atoms with Crippen LogP contribution in [-0.2, 0) is 6.42 Å². The van der Waals surface area contributed by atoms with Crippen LogP contribution in [0, 0.1) is 5.82 Å². The summed E-state index contributed by atoms with van der Waals surface area (Å²) in [4.78, 5) is 0. The summed E-state index contributed by atoms with van der Waals surface area (Å²) >= 11 is 4.93. The highest BCUT2D eigenvalue weighted by molar-refractivity contribution is 9.10. The van der Waals surface area contributed by atoms with E-state index in [2.05, 4.69) is 38.4 Å². The van der Waals surface area contributed by atoms with Crippen LogP contribution in [0.2, 0.25) is 0 Å². The first kappa shape index (κ1) is 15.5. The van der Waals surface area contributed by atoms with Gasteiger partial charge in [0.1, 0.15) is 15.8 Å². The van der Waals surface area contributed by atoms with E-state index in [1.165, 1.54) is 12.1 Å². The summed E-state index contributed by atoms with van der Waals surface area (Å²) in [5.41, 5.74) is 0.888. The maximum Gasteiger partial charge on any atom is 0.148 e. The molecule has 1 aromatic heterocycles. The minimum atomic E-state index is -0.257. The van der Waals surface area contributed by atoms with Crippen molar-refractivity contribution < 1.29 is 4.39 Å². The first-order valence-electron chi connectivity index (χ1n) is 6.69. The van der Waals surface area contributed by atoms with Crippen LogP contribution in [0.5, 0.6) is 0 Å². The molecule has 6 heteroatoms. The van der Waals surface area contributed by atoms with E-state index in [1.54, 1.807) is 17.4 Å². The van der Waals surface area contributed by atoms with Crippen molar-refractivity contribution in [3.8, 4) is 10.6 Å². The van der Waals surface area contributed by atoms with E-state index in [1.807, 2.05) is 0 Å². The molecule has 108 valence electrons. The van der Waals surface area contributed by atoms with Crippen molar-refractivity contribution in [2.75, 3.05) is 13.1 Å². The molecule has 1 N–H and O–H groups in total. The topological polar surface area (TPSA) is 37.8 Å². The molecular formula is C14H17BrFN3S. The number of aromatic nitrogens is 2. The largest absolute Gasteiger partial charge is 0.317 e. The fraction of sp³-hybridized carbons (Fsp3) is 0.429. The second-order valence-corrected chi connectivity index (χ2v) is 6.40. The van der Waals surface area contributed by atoms with Gasteiger partial charge in [0.15, 0.2) is 0 Å². The van der Waals surface area contributed by atoms with Crippen LogP contribution in [0.15, 0.2) is 22.7 Å². The molecule has 0 saturated heterocycles. The third-order valence-corrected chi connectivity index (χ3v) is 4.47. The number of halogens is 2. The summed E-state index contributed by atoms with van der Waals surface area (Å²) in [5, 5.41) is 13.6. The predicted molar refractivity (Wildman–Crippen MR) is 84.5 cm³/mol. The predicted octanol–water partition coefficient (Wildman–Crippen LogP) is 4.04. The Hall–Kier alpha value is -0.850. The van der Waals surface area contributed by atoms with Crippen molar-refractivity contribution in [1.82, 2.24) is 15.5 Å². The molecule has 0 aliphatic carbocycles. The van der Waals surface area contributed by atoms with Gasteiger partial charge in [-0.3, -0.25) is 0 Å². The maximum absolute atomic E-state index is 13.1. The number of benzene rings is 1. The molecule has 3 nitrogen and oxygen atoms in total. The normalized spacial score (nSPS) is 10.9. The van der Waals surface area contributed by atoms with Gasteiger partial charge in [0, 0.05) is 16.5 Å². The Morgan fingerprint density at radius 2 is 2.15 bits per heavy atom. The highest BCUT2D eigenvalue weighted by Crippen LogP contribution is 2.31. The van der Waals surface area contributed by atoms with Crippen molar-refractivity contribution in [3.63, 3.8) is 0 Å². The molecule has 0 radical (unpaired) electrons. The quantitative estimate of drug-likeness (QED) is 0.759. The Balaban J connectivity index is 1.95. The fourth-order valence-corrected chi connectivity index (χ4v) is 3.38. The molecule has 1 aromatic carbocycles. The number of hydrogen-bond donors (Lipinski definition) is 1. The van der Waals surface area contributed by atoms with E-state index in [-0.39, 0.29) is 5.82 Å². The van der Waals surface area contributed by atoms with E-state index in [0.717, 1.165) is 47.9 Å². The Bertz CT molecular complexity index is 559. The lowest BCUT2D eigenvalue weighted by molar-refractivity contribution is 0.627. The molecule has 0 atom stereocenters. The lowest BCUT2D eigenvalue weighted by atomic mass is 10.2. The van der Waals surface area contributed by atoms with E-state index in [0.29, 0.717) is 4.47 Å². The summed E-state index contributed by atoms with van der Waals surface area (Å²) in [7, 11) is 0. The van der Waals surface area contributed by atoms with E-state index in [4.69, 9.17) is 0 Å². The number of nitrogens with zero attached hydrogens (tertiary/aromatic N) is 2. The molecule has 0 bridgehead atoms. The lowest BCUT2D eigenvalue weighted by Gasteiger charge is -2.00. The third-order valence-electron chi connectivity index (χ3n) is 2.80. The first-order valence-corrected chi connectivity index (χ1v) is 8.30. The molecule has 20 heavy (non-hydrogen) atoms. The molecule has 0 amide bonds. The average molecular weight is 358 g/mol. The fourth-order valence-electron chi connectivity index (χ4n) is 1.79. The van der Waals surface area contributed by atoms with Gasteiger partial charge in [-0.05, 0) is 60.1 Å². The summed E-state index contributed by atoms with van der Waals surface area (Å²) in [6, 6.07) is 4.62. The second-order valence-electron chi connectivity index (χ2n) is 4.48. The van der Waals surface area contributed by atoms with Crippen molar-refractivity contribution in [1.29, 1.82) is 0 Å². The first-order chi connectivity index (χ1) is 9.70. The molecular weight excluding hydrogens is 341 g/mol. The van der Waals surface area contributed by atoms with Crippen LogP contribution in [0.3, 0.4) is 0 Å². The average Bonchev–Trinajstić information content (AvgIpc) is 2.87. The Morgan fingerprint density at radius 1 is 1.30 bits per heavy atom. The molecule has 0 saturated carbocycles. The third kappa shape index (κ3) is 4.33. The van der Waals surface area contributed by atoms with Crippen molar-refractivity contribution in [3.05, 3.63) is 33.5 Å². The zero-order valence-corrected chi connectivity index (χ0v) is 13.7. The highest BCUT2D eigenvalue weighted by atomic mass is 79.9.